The number of rotatable bonds is 0. The van der Waals surface area contributed by atoms with Crippen molar-refractivity contribution in [3.05, 3.63) is 35.4 Å². The van der Waals surface area contributed by atoms with Crippen molar-refractivity contribution in [1.82, 2.24) is 0 Å². The maximum absolute atomic E-state index is 6.00. The quantitative estimate of drug-likeness (QED) is 0.663. The van der Waals surface area contributed by atoms with Gasteiger partial charge in [-0.2, -0.15) is 0 Å². The average Bonchev–Trinajstić information content (AvgIpc) is 2.40. The van der Waals surface area contributed by atoms with Crippen molar-refractivity contribution in [1.29, 1.82) is 0 Å². The zero-order chi connectivity index (χ0) is 14.3. The van der Waals surface area contributed by atoms with Crippen LogP contribution in [0.25, 0.3) is 10.8 Å². The van der Waals surface area contributed by atoms with Crippen molar-refractivity contribution in [2.75, 3.05) is 11.5 Å². The zero-order valence-electron chi connectivity index (χ0n) is 12.5. The average molecular weight is 246 g/mol. The highest BCUT2D eigenvalue weighted by Crippen LogP contribution is 2.31. The van der Waals surface area contributed by atoms with E-state index in [9.17, 15) is 0 Å². The van der Waals surface area contributed by atoms with E-state index < -0.39 is 0 Å². The molecule has 0 unspecified atom stereocenters. The van der Waals surface area contributed by atoms with Gasteiger partial charge >= 0.3 is 0 Å². The molecule has 100 valence electrons. The van der Waals surface area contributed by atoms with E-state index in [1.54, 1.807) is 0 Å². The Morgan fingerprint density at radius 2 is 1.39 bits per heavy atom. The summed E-state index contributed by atoms with van der Waals surface area (Å²) in [6.07, 6.45) is 0. The highest BCUT2D eigenvalue weighted by atomic mass is 14.6. The van der Waals surface area contributed by atoms with E-state index in [0.717, 1.165) is 27.7 Å². The van der Waals surface area contributed by atoms with Crippen LogP contribution in [0.2, 0.25) is 0 Å². The first-order valence-corrected chi connectivity index (χ1v) is 6.65. The summed E-state index contributed by atoms with van der Waals surface area (Å²) in [5.74, 6) is 0. The topological polar surface area (TPSA) is 52.0 Å². The van der Waals surface area contributed by atoms with Crippen LogP contribution in [0.4, 0.5) is 11.4 Å². The number of aryl methyl sites for hydroxylation is 2. The number of anilines is 2. The molecule has 2 aromatic rings. The summed E-state index contributed by atoms with van der Waals surface area (Å²) in [7, 11) is 0. The number of nitrogen functional groups attached to an aromatic ring is 2. The van der Waals surface area contributed by atoms with Crippen molar-refractivity contribution in [3.63, 3.8) is 0 Å². The molecule has 0 bridgehead atoms. The van der Waals surface area contributed by atoms with Crippen molar-refractivity contribution < 1.29 is 0 Å². The van der Waals surface area contributed by atoms with Gasteiger partial charge in [0.1, 0.15) is 0 Å². The molecule has 18 heavy (non-hydrogen) atoms. The van der Waals surface area contributed by atoms with Gasteiger partial charge < -0.3 is 11.5 Å². The molecule has 0 saturated carbocycles. The Morgan fingerprint density at radius 3 is 1.94 bits per heavy atom. The van der Waals surface area contributed by atoms with Gasteiger partial charge in [-0.05, 0) is 31.0 Å². The number of hydrogen-bond acceptors (Lipinski definition) is 2. The molecule has 2 heteroatoms. The molecule has 0 saturated heterocycles. The van der Waals surface area contributed by atoms with Crippen molar-refractivity contribution in [2.24, 2.45) is 0 Å². The van der Waals surface area contributed by atoms with Crippen LogP contribution in [0.15, 0.2) is 24.3 Å². The molecule has 2 aromatic carbocycles. The molecule has 0 atom stereocenters. The second kappa shape index (κ2) is 7.59. The van der Waals surface area contributed by atoms with Crippen molar-refractivity contribution in [2.45, 2.75) is 41.5 Å². The second-order valence-corrected chi connectivity index (χ2v) is 3.69. The van der Waals surface area contributed by atoms with E-state index in [-0.39, 0.29) is 0 Å². The van der Waals surface area contributed by atoms with Crippen LogP contribution in [0.5, 0.6) is 0 Å². The van der Waals surface area contributed by atoms with E-state index in [1.165, 1.54) is 5.56 Å². The van der Waals surface area contributed by atoms with Gasteiger partial charge in [-0.15, -0.1) is 0 Å². The molecular weight excluding hydrogens is 220 g/mol. The molecule has 0 amide bonds. The molecule has 0 aliphatic heterocycles. The standard InChI is InChI=1S/C12H14N2.2C2H6/c1-7-6-8(2)12(14)9-4-3-5-10(13)11(7)9;2*1-2/h3-6H,13-14H2,1-2H3;2*1-2H3. The fraction of sp³-hybridized carbons (Fsp3) is 0.375. The minimum absolute atomic E-state index is 0.798. The van der Waals surface area contributed by atoms with Gasteiger partial charge in [0.2, 0.25) is 0 Å². The molecular formula is C16H26N2. The summed E-state index contributed by atoms with van der Waals surface area (Å²) in [6.45, 7) is 12.1. The highest BCUT2D eigenvalue weighted by molar-refractivity contribution is 6.03. The molecule has 4 N–H and O–H groups in total. The van der Waals surface area contributed by atoms with E-state index in [1.807, 2.05) is 52.8 Å². The Balaban J connectivity index is 0.000000659. The number of fused-ring (bicyclic) bond motifs is 1. The maximum atomic E-state index is 6.00. The van der Waals surface area contributed by atoms with E-state index >= 15 is 0 Å². The van der Waals surface area contributed by atoms with Crippen LogP contribution in [-0.4, -0.2) is 0 Å². The zero-order valence-corrected chi connectivity index (χ0v) is 12.5. The lowest BCUT2D eigenvalue weighted by atomic mass is 9.99. The van der Waals surface area contributed by atoms with Crippen LogP contribution in [0.1, 0.15) is 38.8 Å². The molecule has 0 radical (unpaired) electrons. The molecule has 2 nitrogen and oxygen atoms in total. The molecule has 0 aromatic heterocycles. The number of nitrogens with two attached hydrogens (primary N) is 2. The minimum atomic E-state index is 0.798. The monoisotopic (exact) mass is 246 g/mol. The highest BCUT2D eigenvalue weighted by Gasteiger charge is 2.06. The maximum Gasteiger partial charge on any atom is 0.0424 e. The third-order valence-corrected chi connectivity index (χ3v) is 2.64. The summed E-state index contributed by atoms with van der Waals surface area (Å²) >= 11 is 0. The van der Waals surface area contributed by atoms with Gasteiger partial charge in [0.15, 0.2) is 0 Å². The van der Waals surface area contributed by atoms with Gasteiger partial charge in [0.05, 0.1) is 0 Å². The fourth-order valence-electron chi connectivity index (χ4n) is 1.92. The molecule has 0 heterocycles. The Hall–Kier alpha value is -1.70. The number of benzene rings is 2. The molecule has 0 aliphatic carbocycles. The van der Waals surface area contributed by atoms with Gasteiger partial charge in [-0.1, -0.05) is 45.9 Å². The lowest BCUT2D eigenvalue weighted by Gasteiger charge is -2.10. The Kier molecular flexibility index (Phi) is 6.88. The van der Waals surface area contributed by atoms with Crippen LogP contribution >= 0.6 is 0 Å². The van der Waals surface area contributed by atoms with Crippen LogP contribution < -0.4 is 11.5 Å². The summed E-state index contributed by atoms with van der Waals surface area (Å²) in [6, 6.07) is 7.94. The Morgan fingerprint density at radius 1 is 0.833 bits per heavy atom. The van der Waals surface area contributed by atoms with Gasteiger partial charge in [-0.25, -0.2) is 0 Å². The second-order valence-electron chi connectivity index (χ2n) is 3.69. The van der Waals surface area contributed by atoms with Crippen LogP contribution in [0.3, 0.4) is 0 Å². The van der Waals surface area contributed by atoms with E-state index in [4.69, 9.17) is 11.5 Å². The first kappa shape index (κ1) is 16.3. The summed E-state index contributed by atoms with van der Waals surface area (Å²) in [4.78, 5) is 0. The third kappa shape index (κ3) is 3.16. The molecule has 0 aliphatic rings. The fourth-order valence-corrected chi connectivity index (χ4v) is 1.92. The summed E-state index contributed by atoms with van der Waals surface area (Å²) in [5.41, 5.74) is 15.8. The van der Waals surface area contributed by atoms with Crippen LogP contribution in [0, 0.1) is 13.8 Å². The third-order valence-electron chi connectivity index (χ3n) is 2.64. The smallest absolute Gasteiger partial charge is 0.0424 e. The first-order valence-electron chi connectivity index (χ1n) is 6.65. The predicted molar refractivity (Wildman–Crippen MR) is 84.9 cm³/mol. The lowest BCUT2D eigenvalue weighted by Crippen LogP contribution is -1.96. The molecule has 0 fully saturated rings. The first-order chi connectivity index (χ1) is 8.61. The minimum Gasteiger partial charge on any atom is -0.398 e. The lowest BCUT2D eigenvalue weighted by molar-refractivity contribution is 1.43. The summed E-state index contributed by atoms with van der Waals surface area (Å²) < 4.78 is 0. The Labute approximate surface area is 111 Å². The van der Waals surface area contributed by atoms with Gasteiger partial charge in [0.25, 0.3) is 0 Å². The van der Waals surface area contributed by atoms with E-state index in [2.05, 4.69) is 13.0 Å². The van der Waals surface area contributed by atoms with E-state index in [0.29, 0.717) is 0 Å². The number of hydrogen-bond donors (Lipinski definition) is 2. The molecule has 2 rings (SSSR count). The largest absolute Gasteiger partial charge is 0.398 e. The predicted octanol–water partition coefficient (Wildman–Crippen LogP) is 4.67. The van der Waals surface area contributed by atoms with Gasteiger partial charge in [-0.3, -0.25) is 0 Å². The summed E-state index contributed by atoms with van der Waals surface area (Å²) in [5, 5.41) is 2.14. The van der Waals surface area contributed by atoms with Crippen LogP contribution in [-0.2, 0) is 0 Å². The van der Waals surface area contributed by atoms with Gasteiger partial charge in [0, 0.05) is 22.1 Å². The molecule has 0 spiro atoms. The van der Waals surface area contributed by atoms with Crippen molar-refractivity contribution in [3.8, 4) is 0 Å². The van der Waals surface area contributed by atoms with Crippen molar-refractivity contribution >= 4 is 22.1 Å². The Bertz CT molecular complexity index is 502. The normalized spacial score (nSPS) is 9.00. The SMILES string of the molecule is CC.CC.Cc1cc(C)c2c(N)cccc2c1N.